The van der Waals surface area contributed by atoms with Crippen LogP contribution in [0.5, 0.6) is 0 Å². The maximum absolute atomic E-state index is 13.8. The minimum atomic E-state index is -0.834. The number of nitrogens with one attached hydrogen (secondary N) is 4. The third kappa shape index (κ3) is 18.8. The molecular weight excluding hydrogens is 902 g/mol. The Hall–Kier alpha value is -4.15. The van der Waals surface area contributed by atoms with Gasteiger partial charge in [-0.05, 0) is 69.9 Å². The lowest BCUT2D eigenvalue weighted by Crippen LogP contribution is -2.23. The maximum atomic E-state index is 13.8. The van der Waals surface area contributed by atoms with Crippen LogP contribution < -0.4 is 55.7 Å². The van der Waals surface area contributed by atoms with E-state index in [0.29, 0.717) is 105 Å². The number of hydrogen-bond acceptors (Lipinski definition) is 11. The molecule has 4 amide bonds. The lowest BCUT2D eigenvalue weighted by molar-refractivity contribution is -0.118. The van der Waals surface area contributed by atoms with Gasteiger partial charge in [0.15, 0.2) is 11.9 Å². The van der Waals surface area contributed by atoms with Crippen molar-refractivity contribution in [1.29, 1.82) is 0 Å². The highest BCUT2D eigenvalue weighted by molar-refractivity contribution is 9.10. The molecule has 17 nitrogen and oxygen atoms in total. The number of hydrogen-bond donors (Lipinski definition) is 10. The number of aliphatic imine (C=N–C) groups is 3. The number of carbonyl (C=O) groups excluding carboxylic acids is 4. The smallest absolute Gasteiger partial charge is 0.273 e. The predicted molar refractivity (Wildman–Crippen MR) is 243 cm³/mol. The number of thioether (sulfide) groups is 2. The monoisotopic (exact) mass is 953 g/mol. The van der Waals surface area contributed by atoms with Crippen LogP contribution in [0, 0.1) is 5.92 Å². The van der Waals surface area contributed by atoms with Crippen molar-refractivity contribution in [3.8, 4) is 0 Å². The number of halogens is 2. The second kappa shape index (κ2) is 26.7. The highest BCUT2D eigenvalue weighted by atomic mass is 79.9. The Balaban J connectivity index is 2.32. The molecule has 0 aromatic heterocycles. The van der Waals surface area contributed by atoms with Crippen molar-refractivity contribution in [2.24, 2.45) is 55.3 Å². The van der Waals surface area contributed by atoms with Crippen molar-refractivity contribution >= 4 is 120 Å². The highest BCUT2D eigenvalue weighted by Crippen LogP contribution is 2.39. The van der Waals surface area contributed by atoms with Crippen molar-refractivity contribution in [3.63, 3.8) is 0 Å². The van der Waals surface area contributed by atoms with Crippen molar-refractivity contribution < 1.29 is 19.2 Å². The maximum Gasteiger partial charge on any atom is 0.273 e. The molecule has 0 aliphatic heterocycles. The fourth-order valence-electron chi connectivity index (χ4n) is 4.89. The summed E-state index contributed by atoms with van der Waals surface area (Å²) < 4.78 is 1.22. The van der Waals surface area contributed by atoms with Crippen LogP contribution in [0.1, 0.15) is 52.4 Å². The third-order valence-electron chi connectivity index (χ3n) is 7.43. The number of guanidine groups is 2. The van der Waals surface area contributed by atoms with Gasteiger partial charge in [-0.25, -0.2) is 0 Å². The zero-order chi connectivity index (χ0) is 42.3. The first kappa shape index (κ1) is 49.0. The normalized spacial score (nSPS) is 11.8. The van der Waals surface area contributed by atoms with E-state index in [-0.39, 0.29) is 42.3 Å². The summed E-state index contributed by atoms with van der Waals surface area (Å²) in [7, 11) is 0. The Kier molecular flexibility index (Phi) is 23.0. The van der Waals surface area contributed by atoms with Crippen molar-refractivity contribution in [3.05, 3.63) is 45.0 Å². The number of nitrogens with two attached hydrogens (primary N) is 6. The van der Waals surface area contributed by atoms with E-state index in [1.54, 1.807) is 38.1 Å². The SMILES string of the molecule is CC=N/C(=C\C(C)C(=O)Nc1cc(Br)cc(NC(=O)CCCCN=C(N)N)c1SCCN)C(=O)Nc1cc(Br)cc(NC(=O)CCCCN=C(N)N)c1SCCN. The summed E-state index contributed by atoms with van der Waals surface area (Å²) in [6.45, 7) is 4.84. The lowest BCUT2D eigenvalue weighted by atomic mass is 10.1. The fourth-order valence-corrected chi connectivity index (χ4v) is 7.51. The third-order valence-corrected chi connectivity index (χ3v) is 10.7. The van der Waals surface area contributed by atoms with E-state index in [0.717, 1.165) is 0 Å². The Morgan fingerprint density at radius 3 is 1.53 bits per heavy atom. The van der Waals surface area contributed by atoms with Gasteiger partial charge in [-0.2, -0.15) is 0 Å². The Morgan fingerprint density at radius 2 is 1.12 bits per heavy atom. The molecule has 0 saturated carbocycles. The van der Waals surface area contributed by atoms with Gasteiger partial charge in [-0.15, -0.1) is 23.5 Å². The zero-order valence-electron chi connectivity index (χ0n) is 32.0. The van der Waals surface area contributed by atoms with E-state index in [1.165, 1.54) is 35.8 Å². The molecule has 2 aromatic carbocycles. The van der Waals surface area contributed by atoms with E-state index < -0.39 is 17.7 Å². The Morgan fingerprint density at radius 1 is 0.702 bits per heavy atom. The summed E-state index contributed by atoms with van der Waals surface area (Å²) in [5.74, 6) is -1.25. The number of nitrogens with zero attached hydrogens (tertiary/aromatic N) is 3. The molecule has 0 fully saturated rings. The summed E-state index contributed by atoms with van der Waals surface area (Å²) in [6, 6.07) is 6.94. The predicted octanol–water partition coefficient (Wildman–Crippen LogP) is 4.27. The average Bonchev–Trinajstić information content (AvgIpc) is 3.13. The van der Waals surface area contributed by atoms with E-state index >= 15 is 0 Å². The first-order chi connectivity index (χ1) is 27.2. The van der Waals surface area contributed by atoms with Gasteiger partial charge in [0.25, 0.3) is 5.91 Å². The molecular formula is C36H53Br2N13O4S2. The van der Waals surface area contributed by atoms with Gasteiger partial charge >= 0.3 is 0 Å². The summed E-state index contributed by atoms with van der Waals surface area (Å²) in [5, 5.41) is 11.7. The molecule has 0 saturated heterocycles. The van der Waals surface area contributed by atoms with Crippen LogP contribution in [-0.4, -0.2) is 79.4 Å². The molecule has 0 aliphatic rings. The topological polar surface area (TPSA) is 310 Å². The molecule has 1 unspecified atom stereocenters. The number of rotatable bonds is 24. The molecule has 312 valence electrons. The molecule has 0 aliphatic carbocycles. The minimum Gasteiger partial charge on any atom is -0.370 e. The second-order valence-corrected chi connectivity index (χ2v) is 16.3. The average molecular weight is 956 g/mol. The van der Waals surface area contributed by atoms with Crippen LogP contribution in [0.2, 0.25) is 0 Å². The number of benzene rings is 2. The van der Waals surface area contributed by atoms with Crippen molar-refractivity contribution in [2.75, 3.05) is 59.0 Å². The Labute approximate surface area is 358 Å². The standard InChI is InChI=1S/C36H53Br2N13O4S2/c1-3-45-28(34(55)51-27-20-23(38)18-25(32(27)57-15-11-40)49-30(53)9-5-7-13-47-36(43)44)16-21(2)33(54)50-26-19-22(37)17-24(31(26)56-14-10-39)48-29(52)8-4-6-12-46-35(41)42/h3,16-21H,4-15,39-40H2,1-2H3,(H,48,52)(H,49,53)(H,50,54)(H,51,55)(H4,41,42,46)(H4,43,44,47)/b28-16-,45-3?. The van der Waals surface area contributed by atoms with Gasteiger partial charge in [-0.1, -0.05) is 31.9 Å². The fraction of sp³-hybridized carbons (Fsp3) is 0.417. The summed E-state index contributed by atoms with van der Waals surface area (Å²) in [5.41, 5.74) is 34.9. The van der Waals surface area contributed by atoms with Gasteiger partial charge in [0.2, 0.25) is 17.7 Å². The van der Waals surface area contributed by atoms with E-state index in [9.17, 15) is 19.2 Å². The molecule has 2 aromatic rings. The van der Waals surface area contributed by atoms with Crippen LogP contribution in [0.3, 0.4) is 0 Å². The summed E-state index contributed by atoms with van der Waals surface area (Å²) in [4.78, 5) is 66.6. The largest absolute Gasteiger partial charge is 0.370 e. The summed E-state index contributed by atoms with van der Waals surface area (Å²) >= 11 is 9.73. The van der Waals surface area contributed by atoms with Crippen LogP contribution in [0.4, 0.5) is 22.7 Å². The lowest BCUT2D eigenvalue weighted by Gasteiger charge is -2.18. The van der Waals surface area contributed by atoms with Crippen LogP contribution in [0.15, 0.2) is 69.8 Å². The number of carbonyl (C=O) groups is 4. The number of anilines is 4. The molecule has 0 bridgehead atoms. The van der Waals surface area contributed by atoms with Crippen molar-refractivity contribution in [2.45, 2.75) is 62.2 Å². The Bertz CT molecular complexity index is 1820. The molecule has 0 radical (unpaired) electrons. The van der Waals surface area contributed by atoms with E-state index in [4.69, 9.17) is 34.4 Å². The van der Waals surface area contributed by atoms with Crippen molar-refractivity contribution in [1.82, 2.24) is 0 Å². The first-order valence-corrected chi connectivity index (χ1v) is 21.6. The van der Waals surface area contributed by atoms with Gasteiger partial charge in [-0.3, -0.25) is 34.2 Å². The number of unbranched alkanes of at least 4 members (excludes halogenated alkanes) is 2. The molecule has 2 rings (SSSR count). The van der Waals surface area contributed by atoms with Gasteiger partial charge in [0.1, 0.15) is 5.70 Å². The van der Waals surface area contributed by atoms with E-state index in [1.807, 2.05) is 0 Å². The van der Waals surface area contributed by atoms with Gasteiger partial charge < -0.3 is 55.7 Å². The molecule has 57 heavy (non-hydrogen) atoms. The van der Waals surface area contributed by atoms with E-state index in [2.05, 4.69) is 68.1 Å². The highest BCUT2D eigenvalue weighted by Gasteiger charge is 2.22. The molecule has 21 heteroatoms. The second-order valence-electron chi connectivity index (χ2n) is 12.2. The van der Waals surface area contributed by atoms with Crippen LogP contribution in [-0.2, 0) is 19.2 Å². The molecule has 1 atom stereocenters. The minimum absolute atomic E-state index is 0.000124. The molecule has 16 N–H and O–H groups in total. The quantitative estimate of drug-likeness (QED) is 0.0232. The van der Waals surface area contributed by atoms with Gasteiger partial charge in [0.05, 0.1) is 38.5 Å². The van der Waals surface area contributed by atoms with Crippen LogP contribution in [0.25, 0.3) is 0 Å². The first-order valence-electron chi connectivity index (χ1n) is 18.0. The van der Waals surface area contributed by atoms with Gasteiger partial charge in [0, 0.05) is 65.7 Å². The number of amides is 4. The van der Waals surface area contributed by atoms with Crippen LogP contribution >= 0.6 is 55.4 Å². The molecule has 0 heterocycles. The zero-order valence-corrected chi connectivity index (χ0v) is 36.8. The summed E-state index contributed by atoms with van der Waals surface area (Å²) in [6.07, 6.45) is 5.78. The molecule has 0 spiro atoms.